The van der Waals surface area contributed by atoms with Crippen molar-refractivity contribution in [3.8, 4) is 0 Å². The number of Topliss-reactive ketones (excluding diaryl/α,β-unsaturated/α-hetero) is 1. The topological polar surface area (TPSA) is 357 Å². The van der Waals surface area contributed by atoms with Crippen LogP contribution in [0.1, 0.15) is 224 Å². The molecule has 39 heteroatoms. The Hall–Kier alpha value is -1.17. The summed E-state index contributed by atoms with van der Waals surface area (Å²) < 4.78 is 69.5. The maximum Gasteiger partial charge on any atom is 0.305 e. The first-order chi connectivity index (χ1) is 63.7. The van der Waals surface area contributed by atoms with E-state index in [1.165, 1.54) is 61.9 Å². The predicted molar refractivity (Wildman–Crippen MR) is 519 cm³/mol. The van der Waals surface area contributed by atoms with Crippen molar-refractivity contribution in [2.24, 2.45) is 0 Å². The maximum absolute atomic E-state index is 12.6. The molecule has 6 saturated heterocycles. The minimum atomic E-state index is -3.77. The number of carbonyl (C=O) groups excluding carboxylic acids is 10. The molecule has 6 aliphatic rings. The van der Waals surface area contributed by atoms with Crippen LogP contribution in [-0.2, 0) is 100 Å². The molecule has 774 valence electrons. The number of carbonyl (C=O) groups is 7. The summed E-state index contributed by atoms with van der Waals surface area (Å²) in [6.45, 7) is 15.7. The van der Waals surface area contributed by atoms with Gasteiger partial charge in [0.15, 0.2) is 11.6 Å². The van der Waals surface area contributed by atoms with Crippen LogP contribution in [0.25, 0.3) is 0 Å². The van der Waals surface area contributed by atoms with Crippen molar-refractivity contribution in [3.05, 3.63) is 129 Å². The van der Waals surface area contributed by atoms with Gasteiger partial charge in [0.25, 0.3) is 10.1 Å². The molecule has 0 amide bonds. The Kier molecular flexibility index (Phi) is 102. The quantitative estimate of drug-likeness (QED) is 0.00627. The Balaban J connectivity index is -0.000000371. The number of likely N-dealkylation sites (tertiary alicyclic amines) is 5. The average Bonchev–Trinajstić information content (AvgIpc) is 1.65. The zero-order valence-corrected chi connectivity index (χ0v) is 107. The number of ether oxygens (including phenoxy) is 8. The number of methoxy groups -OCH3 is 8. The number of alkyl halides is 4. The molecule has 6 aliphatic heterocycles. The van der Waals surface area contributed by atoms with Gasteiger partial charge in [0.1, 0.15) is 0 Å². The zero-order valence-electron chi connectivity index (χ0n) is 82.7. The van der Waals surface area contributed by atoms with Crippen molar-refractivity contribution in [3.63, 3.8) is 0 Å². The monoisotopic (exact) mass is 3150 g/mol. The van der Waals surface area contributed by atoms with E-state index < -0.39 is 15.9 Å². The fourth-order valence-electron chi connectivity index (χ4n) is 15.3. The van der Waals surface area contributed by atoms with E-state index in [0.717, 1.165) is 206 Å². The molecule has 0 bridgehead atoms. The number of ketones is 1. The number of halogens is 4. The molecule has 7 rings (SSSR count). The number of rotatable bonds is 54. The van der Waals surface area contributed by atoms with E-state index in [4.69, 9.17) is 63.5 Å². The molecule has 3 N–H and O–H groups in total. The molecule has 6 heterocycles. The SMILES string of the molecule is C=C[C-]=O.CCl.COC(=O)CCC/C=C\C[C@@H]1N(CC[C-]=O)CCC1(OC)OC.COC(=O)CCC/C=C\C[C@@H]1NCC[C@H]1Cl.COC(=O)CCC/C=C\C[C@H]1C(=O)CCN1CC[CH-]O.COC(=O)CCC/C=C\C[C@H]1[C@@H](OS(=O)(=O)c2ccc(C)cc2)CCN1C.COC(=O)CCC/C=C\C[C@H]1[C@H](Cl)CCN1CC[C-]=O.COC(=O)CCC/C=C\C[C@H]1[C@H](Cl)CCN1CC[CH-]O.[U].[U].[U].[U].[U]. The molecule has 29 nitrogen and oxygen atoms in total. The third kappa shape index (κ3) is 68.2. The Morgan fingerprint density at radius 3 is 1.22 bits per heavy atom. The zero-order chi connectivity index (χ0) is 98.6. The molecule has 0 aromatic heterocycles. The first-order valence-corrected chi connectivity index (χ1v) is 49.4. The second-order valence-electron chi connectivity index (χ2n) is 31.8. The molecule has 1 aromatic rings. The van der Waals surface area contributed by atoms with Crippen LogP contribution in [0.4, 0.5) is 0 Å². The molecular formula is C98H155Cl4N6O23SU5-5. The van der Waals surface area contributed by atoms with Crippen molar-refractivity contribution in [1.82, 2.24) is 29.8 Å². The number of allylic oxidation sites excluding steroid dienone is 7. The number of nitrogens with zero attached hydrogens (tertiary/aromatic N) is 5. The van der Waals surface area contributed by atoms with Crippen LogP contribution in [0, 0.1) is 176 Å². The number of hydrogen-bond acceptors (Lipinski definition) is 29. The van der Waals surface area contributed by atoms with E-state index >= 15 is 0 Å². The Bertz CT molecular complexity index is 3620. The molecule has 0 saturated carbocycles. The van der Waals surface area contributed by atoms with Crippen LogP contribution in [0.2, 0.25) is 0 Å². The second kappa shape index (κ2) is 95.7. The van der Waals surface area contributed by atoms with Gasteiger partial charge in [-0.3, -0.25) is 60.1 Å². The number of benzene rings is 1. The third-order valence-electron chi connectivity index (χ3n) is 22.9. The van der Waals surface area contributed by atoms with Gasteiger partial charge in [-0.15, -0.1) is 72.1 Å². The number of hydrogen-bond donors (Lipinski definition) is 3. The number of likely N-dealkylation sites (N-methyl/N-ethyl adjacent to an activating group) is 1. The normalized spacial score (nSPS) is 20.5. The van der Waals surface area contributed by atoms with Crippen LogP contribution < -0.4 is 5.32 Å². The number of unbranched alkanes of at least 4 members (excludes halogenated alkanes) is 6. The first kappa shape index (κ1) is 146. The summed E-state index contributed by atoms with van der Waals surface area (Å²) in [4.78, 5) is 119. The smallest absolute Gasteiger partial charge is 0.305 e. The summed E-state index contributed by atoms with van der Waals surface area (Å²) in [5.41, 5.74) is 1.00. The second-order valence-corrected chi connectivity index (χ2v) is 35.1. The van der Waals surface area contributed by atoms with E-state index in [1.54, 1.807) is 38.5 Å². The number of aliphatic hydroxyl groups excluding tert-OH is 2. The summed E-state index contributed by atoms with van der Waals surface area (Å²) in [5.74, 6) is -1.35. The Labute approximate surface area is 958 Å². The fraction of sp³-hybridized carbons (Fsp3) is 0.673. The van der Waals surface area contributed by atoms with Gasteiger partial charge in [0, 0.05) is 271 Å². The molecule has 0 aliphatic carbocycles. The molecule has 137 heavy (non-hydrogen) atoms. The fourth-order valence-corrected chi connectivity index (χ4v) is 17.5. The molecule has 0 spiro atoms. The van der Waals surface area contributed by atoms with Crippen LogP contribution in [0.3, 0.4) is 0 Å². The van der Waals surface area contributed by atoms with Gasteiger partial charge in [-0.05, 0) is 219 Å². The van der Waals surface area contributed by atoms with Crippen molar-refractivity contribution >= 4 is 117 Å². The maximum atomic E-state index is 12.6. The van der Waals surface area contributed by atoms with Gasteiger partial charge in [0.05, 0.1) is 81.9 Å². The Morgan fingerprint density at radius 1 is 0.489 bits per heavy atom. The number of esters is 6. The number of nitrogens with one attached hydrogen (secondary N) is 1. The van der Waals surface area contributed by atoms with Crippen LogP contribution >= 0.6 is 46.4 Å². The van der Waals surface area contributed by atoms with Gasteiger partial charge >= 0.3 is 35.8 Å². The van der Waals surface area contributed by atoms with Crippen LogP contribution in [0.5, 0.6) is 0 Å². The van der Waals surface area contributed by atoms with E-state index in [9.17, 15) is 51.6 Å². The van der Waals surface area contributed by atoms with Crippen molar-refractivity contribution < 1.29 is 264 Å². The van der Waals surface area contributed by atoms with Crippen LogP contribution in [0.15, 0.2) is 115 Å². The molecule has 0 radical (unpaired) electrons. The molecular weight excluding hydrogens is 2990 g/mol. The summed E-state index contributed by atoms with van der Waals surface area (Å²) in [7, 11) is 9.95. The Morgan fingerprint density at radius 2 is 0.854 bits per heavy atom. The molecule has 0 unspecified atom stereocenters. The largest absolute Gasteiger partial charge is 0.566 e. The van der Waals surface area contributed by atoms with E-state index in [1.807, 2.05) is 50.8 Å². The predicted octanol–water partition coefficient (Wildman–Crippen LogP) is 15.5. The van der Waals surface area contributed by atoms with Crippen LogP contribution in [-0.4, -0.2) is 304 Å². The van der Waals surface area contributed by atoms with Gasteiger partial charge in [-0.1, -0.05) is 90.6 Å². The van der Waals surface area contributed by atoms with Crippen molar-refractivity contribution in [1.29, 1.82) is 0 Å². The molecule has 1 aromatic carbocycles. The summed E-state index contributed by atoms with van der Waals surface area (Å²) in [6, 6.07) is 7.82. The van der Waals surface area contributed by atoms with E-state index in [-0.39, 0.29) is 242 Å². The van der Waals surface area contributed by atoms with Gasteiger partial charge < -0.3 is 82.5 Å². The number of aryl methyl sites for hydroxylation is 1. The number of aliphatic hydroxyl groups is 2. The minimum Gasteiger partial charge on any atom is -0.566 e. The van der Waals surface area contributed by atoms with Crippen molar-refractivity contribution in [2.45, 2.75) is 294 Å². The van der Waals surface area contributed by atoms with Gasteiger partial charge in [-0.2, -0.15) is 8.42 Å². The van der Waals surface area contributed by atoms with E-state index in [2.05, 4.69) is 125 Å². The molecule has 6 fully saturated rings. The standard InChI is InChI=1S/C20H29NO5S.C17H28NO5.C15H25ClNO3.C15H23ClNO3.C15H24NO4.C12H20ClNO2.C3H3O.CH3Cl.5U/c1-16-10-12-17(13-11-16)27(23,24)26-19-14-15-21(2)18(19)8-6-4-5-7-9-20(22)25-3;1-21-16(20)10-7-5-4-6-9-15-17(22-2,23-3)11-13-18(15)12-8-14-19;2*1-20-15(19)8-5-3-2-4-7-14-13(16)9-11-17(14)10-6-12-18;1-20-15(19)8-5-3-2-4-7-13-14(18)9-11-16(13)10-6-12-17;1-16-12(15)7-5-3-2-4-6-11-10(13)8-9-14-11;1-2-3-4;1-2;;;;;/h4,6,10-13,18-19H,5,7-9,14-15H2,1-3H3;4,6,15H,5,7-13H2,1-3H3;2,4,12-14,18H,3,5-11H2,1H3;2,4,13-14H,3,5-11H2,1H3;2,4,12-13,17H,3,5-11H2,1H3;2,4,10-11,14H,3,5-9H2,1H3;2H,1H2;1H3;;;;;/q;4*-1;;-1;;;;;;/b2*6-4-;4*4-2-;;;;;;;/t18-,19-;15-;2*13-,14+;13-;10-,11+;;;;;;;/m001101......./s1. The third-order valence-corrected chi connectivity index (χ3v) is 25.8. The van der Waals surface area contributed by atoms with Crippen molar-refractivity contribution in [2.75, 3.05) is 136 Å². The van der Waals surface area contributed by atoms with E-state index in [0.29, 0.717) is 115 Å². The first-order valence-electron chi connectivity index (χ1n) is 45.9. The summed E-state index contributed by atoms with van der Waals surface area (Å²) in [5, 5.41) is 21.5. The average molecular weight is 3150 g/mol. The van der Waals surface area contributed by atoms with Gasteiger partial charge in [-0.25, -0.2) is 25.9 Å². The summed E-state index contributed by atoms with van der Waals surface area (Å²) in [6.07, 6.45) is 57.3. The molecule has 10 atom stereocenters. The minimum absolute atomic E-state index is 0. The van der Waals surface area contributed by atoms with Gasteiger partial charge in [0.2, 0.25) is 0 Å². The summed E-state index contributed by atoms with van der Waals surface area (Å²) >= 11 is 23.4.